The van der Waals surface area contributed by atoms with Gasteiger partial charge in [-0.25, -0.2) is 0 Å². The van der Waals surface area contributed by atoms with Crippen LogP contribution in [0.25, 0.3) is 0 Å². The first-order valence-electron chi connectivity index (χ1n) is 10.6. The molecule has 1 heterocycles. The molecule has 0 aliphatic carbocycles. The minimum atomic E-state index is -4.60. The molecular weight excluding hydrogens is 431 g/mol. The summed E-state index contributed by atoms with van der Waals surface area (Å²) in [4.78, 5) is 26.9. The Kier molecular flexibility index (Phi) is 7.77. The number of para-hydroxylation sites is 1. The van der Waals surface area contributed by atoms with Gasteiger partial charge >= 0.3 is 6.18 Å². The summed E-state index contributed by atoms with van der Waals surface area (Å²) in [6.07, 6.45) is -3.32. The Morgan fingerprint density at radius 2 is 2.00 bits per heavy atom. The second-order valence-corrected chi connectivity index (χ2v) is 7.97. The van der Waals surface area contributed by atoms with Crippen LogP contribution in [0.2, 0.25) is 0 Å². The Morgan fingerprint density at radius 1 is 1.27 bits per heavy atom. The summed E-state index contributed by atoms with van der Waals surface area (Å²) in [5.74, 6) is 4.83. The minimum Gasteiger partial charge on any atom is -0.370 e. The molecule has 0 spiro atoms. The van der Waals surface area contributed by atoms with Crippen molar-refractivity contribution in [3.05, 3.63) is 64.7 Å². The van der Waals surface area contributed by atoms with Gasteiger partial charge in [0.25, 0.3) is 5.91 Å². The zero-order chi connectivity index (χ0) is 24.0. The average Bonchev–Trinajstić information content (AvgIpc) is 2.76. The van der Waals surface area contributed by atoms with Gasteiger partial charge in [0.05, 0.1) is 5.56 Å². The number of aldehydes is 1. The number of benzene rings is 2. The number of anilines is 1. The number of nitrogens with one attached hydrogen (secondary N) is 1. The van der Waals surface area contributed by atoms with E-state index >= 15 is 0 Å². The Bertz CT molecular complexity index is 1060. The summed E-state index contributed by atoms with van der Waals surface area (Å²) in [5.41, 5.74) is 0.261. The maximum atomic E-state index is 13.9. The van der Waals surface area contributed by atoms with Crippen molar-refractivity contribution in [1.29, 1.82) is 0 Å². The van der Waals surface area contributed by atoms with Gasteiger partial charge in [-0.2, -0.15) is 13.2 Å². The highest BCUT2D eigenvalue weighted by Gasteiger charge is 2.35. The number of carbonyl (C=O) groups is 2. The number of alkyl halides is 3. The maximum Gasteiger partial charge on any atom is 0.416 e. The van der Waals surface area contributed by atoms with Gasteiger partial charge < -0.3 is 15.1 Å². The van der Waals surface area contributed by atoms with E-state index in [9.17, 15) is 22.8 Å². The van der Waals surface area contributed by atoms with Crippen molar-refractivity contribution in [3.63, 3.8) is 0 Å². The molecule has 33 heavy (non-hydrogen) atoms. The molecule has 1 saturated heterocycles. The Balaban J connectivity index is 1.76. The Morgan fingerprint density at radius 3 is 2.58 bits per heavy atom. The summed E-state index contributed by atoms with van der Waals surface area (Å²) in [5, 5.41) is 3.11. The lowest BCUT2D eigenvalue weighted by Crippen LogP contribution is -2.54. The number of halogens is 3. The molecule has 8 heteroatoms. The van der Waals surface area contributed by atoms with Gasteiger partial charge in [-0.3, -0.25) is 9.59 Å². The third-order valence-corrected chi connectivity index (χ3v) is 5.71. The first kappa shape index (κ1) is 24.3. The van der Waals surface area contributed by atoms with Crippen molar-refractivity contribution in [2.75, 3.05) is 25.0 Å². The summed E-state index contributed by atoms with van der Waals surface area (Å²) >= 11 is 0. The van der Waals surface area contributed by atoms with Crippen LogP contribution in [0.5, 0.6) is 0 Å². The lowest BCUT2D eigenvalue weighted by Gasteiger charge is -2.39. The molecule has 1 unspecified atom stereocenters. The third kappa shape index (κ3) is 5.93. The van der Waals surface area contributed by atoms with E-state index in [1.165, 1.54) is 6.07 Å². The number of amides is 1. The van der Waals surface area contributed by atoms with Gasteiger partial charge in [0.15, 0.2) is 0 Å². The van der Waals surface area contributed by atoms with Crippen LogP contribution in [0.1, 0.15) is 40.4 Å². The SMILES string of the molecule is CC#CC(=O)N1CCC1CNCc1cc(C=O)c(CN(C)c2ccccc2)c(C(F)(F)F)c1. The molecule has 2 aromatic carbocycles. The second kappa shape index (κ2) is 10.5. The van der Waals surface area contributed by atoms with Gasteiger partial charge in [0.2, 0.25) is 0 Å². The Hall–Kier alpha value is -3.31. The predicted octanol–water partition coefficient (Wildman–Crippen LogP) is 3.87. The highest BCUT2D eigenvalue weighted by Crippen LogP contribution is 2.35. The average molecular weight is 457 g/mol. The molecule has 174 valence electrons. The summed E-state index contributed by atoms with van der Waals surface area (Å²) in [7, 11) is 1.69. The first-order chi connectivity index (χ1) is 15.7. The standard InChI is InChI=1S/C25H26F3N3O2/c1-3-7-24(33)31-11-10-21(31)15-29-14-18-12-19(17-32)22(23(13-18)25(26,27)28)16-30(2)20-8-5-4-6-9-20/h4-6,8-9,12-13,17,21,29H,10-11,14-16H2,1-2H3. The van der Waals surface area contributed by atoms with E-state index < -0.39 is 11.7 Å². The normalized spacial score (nSPS) is 15.3. The fraction of sp³-hybridized carbons (Fsp3) is 0.360. The van der Waals surface area contributed by atoms with Crippen molar-refractivity contribution in [2.45, 2.75) is 38.7 Å². The molecule has 1 aliphatic heterocycles. The van der Waals surface area contributed by atoms with Gasteiger partial charge in [0.1, 0.15) is 6.29 Å². The second-order valence-electron chi connectivity index (χ2n) is 7.97. The van der Waals surface area contributed by atoms with Gasteiger partial charge in [0, 0.05) is 50.5 Å². The number of hydrogen-bond donors (Lipinski definition) is 1. The maximum absolute atomic E-state index is 13.9. The molecule has 1 N–H and O–H groups in total. The minimum absolute atomic E-state index is 0.0167. The van der Waals surface area contributed by atoms with Crippen LogP contribution in [-0.2, 0) is 24.1 Å². The monoisotopic (exact) mass is 457 g/mol. The number of rotatable bonds is 8. The van der Waals surface area contributed by atoms with E-state index in [4.69, 9.17) is 0 Å². The smallest absolute Gasteiger partial charge is 0.370 e. The predicted molar refractivity (Wildman–Crippen MR) is 121 cm³/mol. The van der Waals surface area contributed by atoms with Crippen LogP contribution in [0.4, 0.5) is 18.9 Å². The van der Waals surface area contributed by atoms with E-state index in [-0.39, 0.29) is 36.2 Å². The number of carbonyl (C=O) groups excluding carboxylic acids is 2. The van der Waals surface area contributed by atoms with Crippen molar-refractivity contribution in [1.82, 2.24) is 10.2 Å². The molecule has 1 amide bonds. The molecule has 1 fully saturated rings. The van der Waals surface area contributed by atoms with Crippen molar-refractivity contribution in [2.24, 2.45) is 0 Å². The van der Waals surface area contributed by atoms with Crippen LogP contribution >= 0.6 is 0 Å². The van der Waals surface area contributed by atoms with Crippen LogP contribution in [0.3, 0.4) is 0 Å². The number of hydrogen-bond acceptors (Lipinski definition) is 4. The molecule has 0 saturated carbocycles. The lowest BCUT2D eigenvalue weighted by atomic mass is 9.96. The highest BCUT2D eigenvalue weighted by atomic mass is 19.4. The lowest BCUT2D eigenvalue weighted by molar-refractivity contribution is -0.138. The number of likely N-dealkylation sites (tertiary alicyclic amines) is 1. The van der Waals surface area contributed by atoms with E-state index in [2.05, 4.69) is 17.2 Å². The molecule has 3 rings (SSSR count). The Labute approximate surface area is 191 Å². The van der Waals surface area contributed by atoms with E-state index in [0.29, 0.717) is 24.9 Å². The van der Waals surface area contributed by atoms with Crippen molar-refractivity contribution < 1.29 is 22.8 Å². The number of nitrogens with zero attached hydrogens (tertiary/aromatic N) is 2. The molecule has 5 nitrogen and oxygen atoms in total. The fourth-order valence-electron chi connectivity index (χ4n) is 3.89. The molecular formula is C25H26F3N3O2. The summed E-state index contributed by atoms with van der Waals surface area (Å²) in [6.45, 7) is 2.74. The van der Waals surface area contributed by atoms with Crippen LogP contribution in [-0.4, -0.2) is 43.3 Å². The quantitative estimate of drug-likeness (QED) is 0.483. The molecule has 0 radical (unpaired) electrons. The van der Waals surface area contributed by atoms with E-state index in [0.717, 1.165) is 18.2 Å². The molecule has 1 aliphatic rings. The zero-order valence-corrected chi connectivity index (χ0v) is 18.6. The molecule has 0 aromatic heterocycles. The fourth-order valence-corrected chi connectivity index (χ4v) is 3.89. The summed E-state index contributed by atoms with van der Waals surface area (Å²) < 4.78 is 41.7. The van der Waals surface area contributed by atoms with Crippen LogP contribution in [0, 0.1) is 11.8 Å². The van der Waals surface area contributed by atoms with Crippen LogP contribution < -0.4 is 10.2 Å². The van der Waals surface area contributed by atoms with Gasteiger partial charge in [-0.1, -0.05) is 24.1 Å². The first-order valence-corrected chi connectivity index (χ1v) is 10.6. The highest BCUT2D eigenvalue weighted by molar-refractivity contribution is 5.94. The van der Waals surface area contributed by atoms with Gasteiger partial charge in [-0.15, -0.1) is 0 Å². The van der Waals surface area contributed by atoms with Crippen LogP contribution in [0.15, 0.2) is 42.5 Å². The topological polar surface area (TPSA) is 52.7 Å². The summed E-state index contributed by atoms with van der Waals surface area (Å²) in [6, 6.07) is 11.6. The van der Waals surface area contributed by atoms with Crippen molar-refractivity contribution in [3.8, 4) is 11.8 Å². The molecule has 0 bridgehead atoms. The molecule has 2 aromatic rings. The van der Waals surface area contributed by atoms with Gasteiger partial charge in [-0.05, 0) is 54.7 Å². The van der Waals surface area contributed by atoms with E-state index in [1.54, 1.807) is 48.0 Å². The molecule has 1 atom stereocenters. The largest absolute Gasteiger partial charge is 0.416 e. The van der Waals surface area contributed by atoms with E-state index in [1.807, 2.05) is 6.07 Å². The third-order valence-electron chi connectivity index (χ3n) is 5.71. The zero-order valence-electron chi connectivity index (χ0n) is 18.6. The van der Waals surface area contributed by atoms with Crippen molar-refractivity contribution >= 4 is 17.9 Å².